The third-order valence-corrected chi connectivity index (χ3v) is 4.50. The van der Waals surface area contributed by atoms with E-state index in [9.17, 15) is 4.79 Å². The molecule has 0 unspecified atom stereocenters. The van der Waals surface area contributed by atoms with E-state index in [-0.39, 0.29) is 5.69 Å². The van der Waals surface area contributed by atoms with Crippen molar-refractivity contribution >= 4 is 5.91 Å². The molecule has 8 heteroatoms. The molecule has 1 aromatic heterocycles. The van der Waals surface area contributed by atoms with Crippen molar-refractivity contribution in [3.8, 4) is 28.5 Å². The highest BCUT2D eigenvalue weighted by Crippen LogP contribution is 2.27. The van der Waals surface area contributed by atoms with Gasteiger partial charge in [-0.15, -0.1) is 0 Å². The highest BCUT2D eigenvalue weighted by atomic mass is 16.7. The van der Waals surface area contributed by atoms with E-state index in [1.165, 1.54) is 6.20 Å². The zero-order valence-corrected chi connectivity index (χ0v) is 17.9. The van der Waals surface area contributed by atoms with E-state index in [2.05, 4.69) is 15.4 Å². The molecule has 0 fully saturated rings. The van der Waals surface area contributed by atoms with Crippen molar-refractivity contribution in [1.29, 1.82) is 0 Å². The van der Waals surface area contributed by atoms with Gasteiger partial charge in [0.1, 0.15) is 29.0 Å². The summed E-state index contributed by atoms with van der Waals surface area (Å²) in [5, 5.41) is 0. The summed E-state index contributed by atoms with van der Waals surface area (Å²) in [6.45, 7) is 4.32. The van der Waals surface area contributed by atoms with Gasteiger partial charge in [0.25, 0.3) is 5.91 Å². The summed E-state index contributed by atoms with van der Waals surface area (Å²) >= 11 is 0. The fourth-order valence-corrected chi connectivity index (χ4v) is 2.83. The smallest absolute Gasteiger partial charge is 0.295 e. The minimum atomic E-state index is -0.498. The summed E-state index contributed by atoms with van der Waals surface area (Å²) in [7, 11) is 3.14. The summed E-state index contributed by atoms with van der Waals surface area (Å²) in [6.07, 6.45) is 2.53. The topological polar surface area (TPSA) is 91.8 Å². The number of amides is 1. The molecule has 2 aromatic carbocycles. The van der Waals surface area contributed by atoms with Crippen LogP contribution in [0.3, 0.4) is 0 Å². The molecule has 1 amide bonds. The van der Waals surface area contributed by atoms with E-state index in [4.69, 9.17) is 19.0 Å². The average Bonchev–Trinajstić information content (AvgIpc) is 2.82. The summed E-state index contributed by atoms with van der Waals surface area (Å²) in [4.78, 5) is 26.6. The van der Waals surface area contributed by atoms with Gasteiger partial charge in [-0.25, -0.2) is 10.5 Å². The van der Waals surface area contributed by atoms with Crippen LogP contribution in [0.15, 0.2) is 54.9 Å². The minimum Gasteiger partial charge on any atom is -0.497 e. The minimum absolute atomic E-state index is 0.141. The second-order valence-electron chi connectivity index (χ2n) is 6.58. The number of hydroxylamine groups is 1. The lowest BCUT2D eigenvalue weighted by atomic mass is 10.1. The fraction of sp³-hybridized carbons (Fsp3) is 0.261. The number of nitrogens with zero attached hydrogens (tertiary/aromatic N) is 2. The monoisotopic (exact) mass is 423 g/mol. The zero-order valence-electron chi connectivity index (χ0n) is 17.9. The summed E-state index contributed by atoms with van der Waals surface area (Å²) in [5.41, 5.74) is 4.75. The van der Waals surface area contributed by atoms with E-state index >= 15 is 0 Å². The van der Waals surface area contributed by atoms with Crippen LogP contribution in [0, 0.1) is 0 Å². The van der Waals surface area contributed by atoms with Crippen LogP contribution in [0.1, 0.15) is 36.0 Å². The summed E-state index contributed by atoms with van der Waals surface area (Å²) < 4.78 is 16.0. The number of benzene rings is 2. The van der Waals surface area contributed by atoms with Crippen molar-refractivity contribution in [3.63, 3.8) is 0 Å². The molecule has 162 valence electrons. The normalized spacial score (nSPS) is 11.5. The van der Waals surface area contributed by atoms with Crippen molar-refractivity contribution in [3.05, 3.63) is 66.1 Å². The molecule has 1 heterocycles. The number of rotatable bonds is 9. The standard InChI is InChI=1S/C23H25N3O5/c1-5-30-18-8-6-16(7-9-18)21-13-24-14-22(25-21)23(27)26-31-15(2)17-10-19(28-3)12-20(11-17)29-4/h6-15H,5H2,1-4H3,(H,26,27)/t15-/m0/s1. The Labute approximate surface area is 181 Å². The SMILES string of the molecule is CCOc1ccc(-c2cncc(C(=O)NO[C@@H](C)c3cc(OC)cc(OC)c3)n2)cc1. The predicted octanol–water partition coefficient (Wildman–Crippen LogP) is 3.98. The van der Waals surface area contributed by atoms with E-state index in [1.807, 2.05) is 43.3 Å². The van der Waals surface area contributed by atoms with Gasteiger partial charge < -0.3 is 14.2 Å². The summed E-state index contributed by atoms with van der Waals surface area (Å²) in [5.74, 6) is 1.53. The molecule has 1 atom stereocenters. The first-order valence-corrected chi connectivity index (χ1v) is 9.78. The van der Waals surface area contributed by atoms with Crippen LogP contribution in [0.25, 0.3) is 11.3 Å². The first kappa shape index (κ1) is 22.0. The van der Waals surface area contributed by atoms with Crippen LogP contribution in [0.4, 0.5) is 0 Å². The lowest BCUT2D eigenvalue weighted by molar-refractivity contribution is -0.00935. The maximum atomic E-state index is 12.5. The van der Waals surface area contributed by atoms with Crippen molar-refractivity contribution in [2.24, 2.45) is 0 Å². The Hall–Kier alpha value is -3.65. The Morgan fingerprint density at radius 1 is 1.00 bits per heavy atom. The second-order valence-corrected chi connectivity index (χ2v) is 6.58. The lowest BCUT2D eigenvalue weighted by Crippen LogP contribution is -2.26. The van der Waals surface area contributed by atoms with Gasteiger partial charge in [-0.05, 0) is 55.8 Å². The van der Waals surface area contributed by atoms with E-state index in [0.717, 1.165) is 16.9 Å². The highest BCUT2D eigenvalue weighted by molar-refractivity contribution is 5.91. The predicted molar refractivity (Wildman–Crippen MR) is 115 cm³/mol. The van der Waals surface area contributed by atoms with Crippen LogP contribution in [0.2, 0.25) is 0 Å². The molecule has 0 saturated carbocycles. The van der Waals surface area contributed by atoms with Crippen LogP contribution >= 0.6 is 0 Å². The van der Waals surface area contributed by atoms with E-state index in [0.29, 0.717) is 23.8 Å². The van der Waals surface area contributed by atoms with Gasteiger partial charge >= 0.3 is 0 Å². The maximum Gasteiger partial charge on any atom is 0.295 e. The molecule has 31 heavy (non-hydrogen) atoms. The Balaban J connectivity index is 1.68. The molecule has 0 aliphatic rings. The van der Waals surface area contributed by atoms with Gasteiger partial charge in [-0.1, -0.05) is 0 Å². The molecule has 8 nitrogen and oxygen atoms in total. The van der Waals surface area contributed by atoms with Crippen LogP contribution in [-0.4, -0.2) is 36.7 Å². The number of carbonyl (C=O) groups is 1. The molecule has 0 aliphatic carbocycles. The maximum absolute atomic E-state index is 12.5. The molecule has 0 aliphatic heterocycles. The lowest BCUT2D eigenvalue weighted by Gasteiger charge is -2.15. The largest absolute Gasteiger partial charge is 0.497 e. The molecule has 3 aromatic rings. The van der Waals surface area contributed by atoms with Crippen molar-refractivity contribution < 1.29 is 23.8 Å². The van der Waals surface area contributed by atoms with Crippen LogP contribution in [0.5, 0.6) is 17.2 Å². The fourth-order valence-electron chi connectivity index (χ4n) is 2.83. The zero-order chi connectivity index (χ0) is 22.2. The Morgan fingerprint density at radius 3 is 2.29 bits per heavy atom. The molecular formula is C23H25N3O5. The molecule has 0 spiro atoms. The van der Waals surface area contributed by atoms with Gasteiger partial charge in [0.05, 0.1) is 38.9 Å². The number of ether oxygens (including phenoxy) is 3. The molecule has 1 N–H and O–H groups in total. The first-order valence-electron chi connectivity index (χ1n) is 9.78. The molecule has 0 radical (unpaired) electrons. The van der Waals surface area contributed by atoms with Gasteiger partial charge in [-0.2, -0.15) is 0 Å². The average molecular weight is 423 g/mol. The van der Waals surface area contributed by atoms with E-state index < -0.39 is 12.0 Å². The number of aromatic nitrogens is 2. The highest BCUT2D eigenvalue weighted by Gasteiger charge is 2.15. The van der Waals surface area contributed by atoms with Crippen molar-refractivity contribution in [2.45, 2.75) is 20.0 Å². The van der Waals surface area contributed by atoms with Gasteiger partial charge in [0.2, 0.25) is 0 Å². The number of hydrogen-bond acceptors (Lipinski definition) is 7. The van der Waals surface area contributed by atoms with Gasteiger partial charge in [0, 0.05) is 11.6 Å². The third-order valence-electron chi connectivity index (χ3n) is 4.50. The van der Waals surface area contributed by atoms with Gasteiger partial charge in [-0.3, -0.25) is 14.6 Å². The number of nitrogens with one attached hydrogen (secondary N) is 1. The van der Waals surface area contributed by atoms with Crippen molar-refractivity contribution in [1.82, 2.24) is 15.4 Å². The molecule has 0 bridgehead atoms. The Kier molecular flexibility index (Phi) is 7.40. The Bertz CT molecular complexity index is 1000. The number of methoxy groups -OCH3 is 2. The van der Waals surface area contributed by atoms with Crippen molar-refractivity contribution in [2.75, 3.05) is 20.8 Å². The molecular weight excluding hydrogens is 398 g/mol. The number of carbonyl (C=O) groups excluding carboxylic acids is 1. The second kappa shape index (κ2) is 10.4. The summed E-state index contributed by atoms with van der Waals surface area (Å²) in [6, 6.07) is 12.8. The quantitative estimate of drug-likeness (QED) is 0.521. The van der Waals surface area contributed by atoms with E-state index in [1.54, 1.807) is 33.4 Å². The third kappa shape index (κ3) is 5.70. The van der Waals surface area contributed by atoms with Crippen LogP contribution < -0.4 is 19.7 Å². The van der Waals surface area contributed by atoms with Crippen LogP contribution in [-0.2, 0) is 4.84 Å². The van der Waals surface area contributed by atoms with Gasteiger partial charge in [0.15, 0.2) is 0 Å². The number of hydrogen-bond donors (Lipinski definition) is 1. The first-order chi connectivity index (χ1) is 15.0. The molecule has 0 saturated heterocycles. The Morgan fingerprint density at radius 2 is 1.68 bits per heavy atom. The molecule has 3 rings (SSSR count).